The smallest absolute Gasteiger partial charge is 0.407 e. The minimum atomic E-state index is -0.828. The van der Waals surface area contributed by atoms with Crippen LogP contribution in [0.25, 0.3) is 0 Å². The van der Waals surface area contributed by atoms with Crippen molar-refractivity contribution in [3.63, 3.8) is 0 Å². The van der Waals surface area contributed by atoms with Crippen molar-refractivity contribution in [1.82, 2.24) is 4.90 Å². The van der Waals surface area contributed by atoms with Crippen LogP contribution in [-0.4, -0.2) is 35.8 Å². The Labute approximate surface area is 147 Å². The number of ether oxygens (including phenoxy) is 2. The zero-order valence-corrected chi connectivity index (χ0v) is 14.1. The van der Waals surface area contributed by atoms with Gasteiger partial charge in [0.1, 0.15) is 18.1 Å². The maximum atomic E-state index is 10.9. The minimum Gasteiger partial charge on any atom is -0.493 e. The molecule has 1 aliphatic rings. The largest absolute Gasteiger partial charge is 0.493 e. The van der Waals surface area contributed by atoms with Gasteiger partial charge < -0.3 is 19.5 Å². The molecule has 25 heavy (non-hydrogen) atoms. The molecule has 0 spiro atoms. The molecule has 0 unspecified atom stereocenters. The first-order valence-corrected chi connectivity index (χ1v) is 8.58. The van der Waals surface area contributed by atoms with E-state index in [4.69, 9.17) is 14.6 Å². The summed E-state index contributed by atoms with van der Waals surface area (Å²) in [6, 6.07) is 17.7. The van der Waals surface area contributed by atoms with E-state index in [2.05, 4.69) is 0 Å². The molecule has 1 heterocycles. The Balaban J connectivity index is 1.41. The second-order valence-corrected chi connectivity index (χ2v) is 6.27. The van der Waals surface area contributed by atoms with Gasteiger partial charge in [-0.15, -0.1) is 0 Å². The van der Waals surface area contributed by atoms with Gasteiger partial charge in [-0.3, -0.25) is 0 Å². The number of nitrogens with zero attached hydrogens (tertiary/aromatic N) is 1. The molecule has 3 rings (SSSR count). The maximum Gasteiger partial charge on any atom is 0.407 e. The molecule has 0 bridgehead atoms. The molecule has 0 aliphatic carbocycles. The van der Waals surface area contributed by atoms with E-state index >= 15 is 0 Å². The molecular formula is C20H23NO4. The van der Waals surface area contributed by atoms with Crippen LogP contribution in [0, 0.1) is 5.92 Å². The fraction of sp³-hybridized carbons (Fsp3) is 0.350. The molecule has 2 aromatic carbocycles. The van der Waals surface area contributed by atoms with Crippen molar-refractivity contribution in [2.24, 2.45) is 5.92 Å². The molecule has 0 saturated carbocycles. The van der Waals surface area contributed by atoms with Gasteiger partial charge in [0.15, 0.2) is 0 Å². The van der Waals surface area contributed by atoms with Crippen molar-refractivity contribution in [2.45, 2.75) is 19.4 Å². The summed E-state index contributed by atoms with van der Waals surface area (Å²) in [4.78, 5) is 12.4. The van der Waals surface area contributed by atoms with Crippen molar-refractivity contribution < 1.29 is 19.4 Å². The van der Waals surface area contributed by atoms with Crippen LogP contribution in [0.5, 0.6) is 11.5 Å². The van der Waals surface area contributed by atoms with E-state index in [9.17, 15) is 4.79 Å². The third kappa shape index (κ3) is 5.14. The number of hydrogen-bond donors (Lipinski definition) is 1. The van der Waals surface area contributed by atoms with E-state index < -0.39 is 6.09 Å². The number of carbonyl (C=O) groups is 1. The van der Waals surface area contributed by atoms with Gasteiger partial charge in [0.2, 0.25) is 0 Å². The van der Waals surface area contributed by atoms with E-state index in [1.54, 1.807) is 0 Å². The molecule has 1 aliphatic heterocycles. The topological polar surface area (TPSA) is 59.0 Å². The highest BCUT2D eigenvalue weighted by Gasteiger charge is 2.22. The van der Waals surface area contributed by atoms with Crippen LogP contribution in [0.1, 0.15) is 18.4 Å². The number of amides is 1. The lowest BCUT2D eigenvalue weighted by Crippen LogP contribution is -2.38. The summed E-state index contributed by atoms with van der Waals surface area (Å²) in [5.41, 5.74) is 1.13. The average molecular weight is 341 g/mol. The third-order valence-corrected chi connectivity index (χ3v) is 4.44. The highest BCUT2D eigenvalue weighted by molar-refractivity contribution is 5.64. The number of piperidine rings is 1. The number of rotatable bonds is 6. The first-order valence-electron chi connectivity index (χ1n) is 8.58. The van der Waals surface area contributed by atoms with E-state index in [-0.39, 0.29) is 0 Å². The van der Waals surface area contributed by atoms with Crippen LogP contribution in [0.4, 0.5) is 4.79 Å². The minimum absolute atomic E-state index is 0.407. The number of benzene rings is 2. The molecule has 132 valence electrons. The molecule has 0 aromatic heterocycles. The molecule has 2 aromatic rings. The molecule has 0 atom stereocenters. The zero-order chi connectivity index (χ0) is 17.5. The van der Waals surface area contributed by atoms with Crippen molar-refractivity contribution >= 4 is 6.09 Å². The lowest BCUT2D eigenvalue weighted by atomic mass is 9.98. The van der Waals surface area contributed by atoms with Crippen molar-refractivity contribution in [3.05, 3.63) is 60.2 Å². The Morgan fingerprint density at radius 1 is 0.960 bits per heavy atom. The van der Waals surface area contributed by atoms with E-state index in [1.165, 1.54) is 4.90 Å². The summed E-state index contributed by atoms with van der Waals surface area (Å²) in [6.45, 7) is 2.35. The molecule has 1 amide bonds. The van der Waals surface area contributed by atoms with Gasteiger partial charge in [0.25, 0.3) is 0 Å². The average Bonchev–Trinajstić information content (AvgIpc) is 2.67. The van der Waals surface area contributed by atoms with Crippen LogP contribution < -0.4 is 9.47 Å². The zero-order valence-electron chi connectivity index (χ0n) is 14.1. The Hall–Kier alpha value is -2.69. The van der Waals surface area contributed by atoms with Gasteiger partial charge in [0, 0.05) is 13.1 Å². The number of likely N-dealkylation sites (tertiary alicyclic amines) is 1. The Bertz CT molecular complexity index is 664. The molecule has 1 saturated heterocycles. The highest BCUT2D eigenvalue weighted by Crippen LogP contribution is 2.22. The Morgan fingerprint density at radius 2 is 1.56 bits per heavy atom. The summed E-state index contributed by atoms with van der Waals surface area (Å²) in [5.74, 6) is 2.03. The van der Waals surface area contributed by atoms with Crippen LogP contribution in [0.15, 0.2) is 54.6 Å². The highest BCUT2D eigenvalue weighted by atomic mass is 16.5. The Morgan fingerprint density at radius 3 is 2.16 bits per heavy atom. The third-order valence-electron chi connectivity index (χ3n) is 4.44. The standard InChI is InChI=1S/C20H23NO4/c22-20(23)21-12-10-17(11-13-21)15-25-19-8-6-18(7-9-19)24-14-16-4-2-1-3-5-16/h1-9,17H,10-15H2,(H,22,23). The van der Waals surface area contributed by atoms with Crippen LogP contribution in [0.3, 0.4) is 0 Å². The summed E-state index contributed by atoms with van der Waals surface area (Å²) in [7, 11) is 0. The monoisotopic (exact) mass is 341 g/mol. The summed E-state index contributed by atoms with van der Waals surface area (Å²) < 4.78 is 11.6. The van der Waals surface area contributed by atoms with E-state index in [0.717, 1.165) is 29.9 Å². The van der Waals surface area contributed by atoms with Gasteiger partial charge in [0.05, 0.1) is 6.61 Å². The predicted molar refractivity (Wildman–Crippen MR) is 95.0 cm³/mol. The predicted octanol–water partition coefficient (Wildman–Crippen LogP) is 4.03. The van der Waals surface area contributed by atoms with Crippen LogP contribution in [-0.2, 0) is 6.61 Å². The van der Waals surface area contributed by atoms with E-state index in [0.29, 0.717) is 32.2 Å². The number of hydrogen-bond acceptors (Lipinski definition) is 3. The first kappa shape index (κ1) is 17.1. The van der Waals surface area contributed by atoms with Crippen molar-refractivity contribution in [2.75, 3.05) is 19.7 Å². The lowest BCUT2D eigenvalue weighted by molar-refractivity contribution is 0.111. The fourth-order valence-electron chi connectivity index (χ4n) is 2.88. The summed E-state index contributed by atoms with van der Waals surface area (Å²) in [5, 5.41) is 8.96. The van der Waals surface area contributed by atoms with Gasteiger partial charge >= 0.3 is 6.09 Å². The van der Waals surface area contributed by atoms with Gasteiger partial charge in [-0.1, -0.05) is 30.3 Å². The quantitative estimate of drug-likeness (QED) is 0.862. The first-order chi connectivity index (χ1) is 12.2. The van der Waals surface area contributed by atoms with Crippen molar-refractivity contribution in [3.8, 4) is 11.5 Å². The van der Waals surface area contributed by atoms with Crippen LogP contribution >= 0.6 is 0 Å². The van der Waals surface area contributed by atoms with Crippen LogP contribution in [0.2, 0.25) is 0 Å². The molecule has 0 radical (unpaired) electrons. The number of carboxylic acid groups (broad SMARTS) is 1. The SMILES string of the molecule is O=C(O)N1CCC(COc2ccc(OCc3ccccc3)cc2)CC1. The second kappa shape index (κ2) is 8.42. The molecule has 1 N–H and O–H groups in total. The fourth-order valence-corrected chi connectivity index (χ4v) is 2.88. The molecule has 5 heteroatoms. The van der Waals surface area contributed by atoms with Gasteiger partial charge in [-0.05, 0) is 48.6 Å². The lowest BCUT2D eigenvalue weighted by Gasteiger charge is -2.29. The second-order valence-electron chi connectivity index (χ2n) is 6.27. The maximum absolute atomic E-state index is 10.9. The normalized spacial score (nSPS) is 15.0. The molecular weight excluding hydrogens is 318 g/mol. The summed E-state index contributed by atoms with van der Waals surface area (Å²) >= 11 is 0. The van der Waals surface area contributed by atoms with Gasteiger partial charge in [-0.25, -0.2) is 4.79 Å². The van der Waals surface area contributed by atoms with Crippen molar-refractivity contribution in [1.29, 1.82) is 0 Å². The van der Waals surface area contributed by atoms with Gasteiger partial charge in [-0.2, -0.15) is 0 Å². The molecule has 1 fully saturated rings. The Kier molecular flexibility index (Phi) is 5.77. The summed E-state index contributed by atoms with van der Waals surface area (Å²) in [6.07, 6.45) is 0.875. The van der Waals surface area contributed by atoms with E-state index in [1.807, 2.05) is 54.6 Å². The molecule has 5 nitrogen and oxygen atoms in total.